The maximum Gasteiger partial charge on any atom is 0.311 e. The third-order valence-corrected chi connectivity index (χ3v) is 4.39. The van der Waals surface area contributed by atoms with Gasteiger partial charge in [-0.2, -0.15) is 0 Å². The van der Waals surface area contributed by atoms with Gasteiger partial charge in [-0.25, -0.2) is 0 Å². The Morgan fingerprint density at radius 1 is 1.35 bits per heavy atom. The minimum Gasteiger partial charge on any atom is -0.481 e. The van der Waals surface area contributed by atoms with Gasteiger partial charge in [-0.3, -0.25) is 9.59 Å². The van der Waals surface area contributed by atoms with Crippen LogP contribution < -0.4 is 5.32 Å². The summed E-state index contributed by atoms with van der Waals surface area (Å²) in [7, 11) is 0. The normalized spacial score (nSPS) is 11.2. The first kappa shape index (κ1) is 17.0. The highest BCUT2D eigenvalue weighted by molar-refractivity contribution is 9.10. The summed E-state index contributed by atoms with van der Waals surface area (Å²) < 4.78 is 0.738. The Morgan fingerprint density at radius 3 is 2.45 bits per heavy atom. The van der Waals surface area contributed by atoms with Gasteiger partial charge in [-0.1, -0.05) is 41.4 Å². The lowest BCUT2D eigenvalue weighted by atomic mass is 9.82. The predicted molar refractivity (Wildman–Crippen MR) is 82.1 cm³/mol. The lowest BCUT2D eigenvalue weighted by molar-refractivity contribution is -0.149. The van der Waals surface area contributed by atoms with Crippen LogP contribution in [0.5, 0.6) is 0 Å². The molecule has 0 bridgehead atoms. The summed E-state index contributed by atoms with van der Waals surface area (Å²) in [6, 6.07) is 4.96. The van der Waals surface area contributed by atoms with Crippen molar-refractivity contribution in [2.24, 2.45) is 5.41 Å². The molecule has 0 saturated heterocycles. The topological polar surface area (TPSA) is 66.4 Å². The molecule has 1 aromatic carbocycles. The zero-order valence-corrected chi connectivity index (χ0v) is 13.7. The fraction of sp³-hybridized carbons (Fsp3) is 0.429. The van der Waals surface area contributed by atoms with E-state index < -0.39 is 11.4 Å². The summed E-state index contributed by atoms with van der Waals surface area (Å²) in [6.45, 7) is 3.68. The Kier molecular flexibility index (Phi) is 6.02. The van der Waals surface area contributed by atoms with E-state index in [2.05, 4.69) is 21.2 Å². The number of benzene rings is 1. The summed E-state index contributed by atoms with van der Waals surface area (Å²) in [5.41, 5.74) is -0.610. The van der Waals surface area contributed by atoms with E-state index in [9.17, 15) is 14.7 Å². The van der Waals surface area contributed by atoms with E-state index in [-0.39, 0.29) is 12.5 Å². The third-order valence-electron chi connectivity index (χ3n) is 3.57. The van der Waals surface area contributed by atoms with Crippen molar-refractivity contribution < 1.29 is 14.7 Å². The molecular weight excluding hydrogens is 346 g/mol. The molecule has 6 heteroatoms. The van der Waals surface area contributed by atoms with Crippen molar-refractivity contribution in [3.8, 4) is 0 Å². The van der Waals surface area contributed by atoms with Crippen LogP contribution >= 0.6 is 27.5 Å². The fourth-order valence-corrected chi connectivity index (χ4v) is 2.46. The molecule has 0 atom stereocenters. The Bertz CT molecular complexity index is 515. The molecule has 4 nitrogen and oxygen atoms in total. The fourth-order valence-electron chi connectivity index (χ4n) is 1.89. The van der Waals surface area contributed by atoms with Crippen molar-refractivity contribution in [1.29, 1.82) is 0 Å². The zero-order valence-electron chi connectivity index (χ0n) is 11.4. The van der Waals surface area contributed by atoms with E-state index in [0.29, 0.717) is 23.4 Å². The van der Waals surface area contributed by atoms with Gasteiger partial charge in [0.05, 0.1) is 16.0 Å². The molecule has 0 aromatic heterocycles. The number of nitrogens with one attached hydrogen (secondary N) is 1. The molecule has 0 aliphatic carbocycles. The van der Waals surface area contributed by atoms with Gasteiger partial charge < -0.3 is 10.4 Å². The molecule has 0 radical (unpaired) electrons. The van der Waals surface area contributed by atoms with E-state index in [1.807, 2.05) is 0 Å². The number of aliphatic carboxylic acids is 1. The summed E-state index contributed by atoms with van der Waals surface area (Å²) in [6.07, 6.45) is 0.899. The van der Waals surface area contributed by atoms with Gasteiger partial charge >= 0.3 is 5.97 Å². The Morgan fingerprint density at radius 2 is 1.95 bits per heavy atom. The summed E-state index contributed by atoms with van der Waals surface area (Å²) >= 11 is 9.25. The second kappa shape index (κ2) is 7.09. The molecule has 1 amide bonds. The molecule has 0 aliphatic heterocycles. The number of amides is 1. The number of carboxylic acids is 1. The lowest BCUT2D eigenvalue weighted by Crippen LogP contribution is -2.42. The first-order chi connectivity index (χ1) is 9.36. The number of halogens is 2. The molecule has 0 heterocycles. The van der Waals surface area contributed by atoms with Crippen LogP contribution in [-0.2, 0) is 4.79 Å². The molecule has 20 heavy (non-hydrogen) atoms. The van der Waals surface area contributed by atoms with Crippen LogP contribution in [0.15, 0.2) is 22.7 Å². The van der Waals surface area contributed by atoms with Crippen LogP contribution in [0.4, 0.5) is 0 Å². The summed E-state index contributed by atoms with van der Waals surface area (Å²) in [5.74, 6) is -1.27. The average molecular weight is 363 g/mol. The van der Waals surface area contributed by atoms with Crippen LogP contribution in [0.25, 0.3) is 0 Å². The molecule has 0 aliphatic rings. The standard InChI is InChI=1S/C14H17BrClNO3/c1-3-14(4-2,13(19)20)8-17-12(18)10-7-9(15)5-6-11(10)16/h5-7H,3-4,8H2,1-2H3,(H,17,18)(H,19,20). The van der Waals surface area contributed by atoms with Crippen molar-refractivity contribution in [2.75, 3.05) is 6.54 Å². The van der Waals surface area contributed by atoms with Gasteiger partial charge in [0.25, 0.3) is 5.91 Å². The first-order valence-corrected chi connectivity index (χ1v) is 7.50. The van der Waals surface area contributed by atoms with E-state index in [1.54, 1.807) is 32.0 Å². The molecule has 0 saturated carbocycles. The molecule has 2 N–H and O–H groups in total. The minimum absolute atomic E-state index is 0.0804. The zero-order chi connectivity index (χ0) is 15.3. The minimum atomic E-state index is -0.936. The van der Waals surface area contributed by atoms with Crippen molar-refractivity contribution >= 4 is 39.4 Å². The first-order valence-electron chi connectivity index (χ1n) is 6.33. The average Bonchev–Trinajstić information content (AvgIpc) is 2.42. The lowest BCUT2D eigenvalue weighted by Gasteiger charge is -2.26. The smallest absolute Gasteiger partial charge is 0.311 e. The maximum atomic E-state index is 12.1. The number of carbonyl (C=O) groups excluding carboxylic acids is 1. The molecule has 0 fully saturated rings. The van der Waals surface area contributed by atoms with Crippen molar-refractivity contribution in [2.45, 2.75) is 26.7 Å². The van der Waals surface area contributed by atoms with Gasteiger partial charge in [0.1, 0.15) is 0 Å². The highest BCUT2D eigenvalue weighted by Crippen LogP contribution is 2.26. The molecule has 0 spiro atoms. The highest BCUT2D eigenvalue weighted by atomic mass is 79.9. The monoisotopic (exact) mass is 361 g/mol. The maximum absolute atomic E-state index is 12.1. The number of hydrogen-bond donors (Lipinski definition) is 2. The molecule has 110 valence electrons. The van der Waals surface area contributed by atoms with Crippen LogP contribution in [0.3, 0.4) is 0 Å². The van der Waals surface area contributed by atoms with Crippen LogP contribution in [-0.4, -0.2) is 23.5 Å². The quantitative estimate of drug-likeness (QED) is 0.810. The summed E-state index contributed by atoms with van der Waals surface area (Å²) in [4.78, 5) is 23.5. The van der Waals surface area contributed by atoms with E-state index in [0.717, 1.165) is 4.47 Å². The van der Waals surface area contributed by atoms with Gasteiger partial charge in [0, 0.05) is 11.0 Å². The van der Waals surface area contributed by atoms with E-state index in [4.69, 9.17) is 11.6 Å². The SMILES string of the molecule is CCC(CC)(CNC(=O)c1cc(Br)ccc1Cl)C(=O)O. The van der Waals surface area contributed by atoms with Crippen molar-refractivity contribution in [3.05, 3.63) is 33.3 Å². The Hall–Kier alpha value is -1.07. The number of carboxylic acid groups (broad SMARTS) is 1. The molecular formula is C14H17BrClNO3. The Balaban J connectivity index is 2.86. The summed E-state index contributed by atoms with van der Waals surface area (Å²) in [5, 5.41) is 12.3. The molecule has 0 unspecified atom stereocenters. The van der Waals surface area contributed by atoms with Crippen LogP contribution in [0.2, 0.25) is 5.02 Å². The van der Waals surface area contributed by atoms with E-state index in [1.165, 1.54) is 0 Å². The predicted octanol–water partition coefficient (Wildman–Crippen LogP) is 3.72. The number of hydrogen-bond acceptors (Lipinski definition) is 2. The Labute approximate surface area is 131 Å². The van der Waals surface area contributed by atoms with Gasteiger partial charge in [0.15, 0.2) is 0 Å². The van der Waals surface area contributed by atoms with Crippen molar-refractivity contribution in [1.82, 2.24) is 5.32 Å². The molecule has 1 rings (SSSR count). The van der Waals surface area contributed by atoms with Gasteiger partial charge in [-0.15, -0.1) is 0 Å². The van der Waals surface area contributed by atoms with Gasteiger partial charge in [0.2, 0.25) is 0 Å². The largest absolute Gasteiger partial charge is 0.481 e. The number of carbonyl (C=O) groups is 2. The number of rotatable bonds is 6. The highest BCUT2D eigenvalue weighted by Gasteiger charge is 2.35. The molecule has 1 aromatic rings. The van der Waals surface area contributed by atoms with Gasteiger partial charge in [-0.05, 0) is 31.0 Å². The van der Waals surface area contributed by atoms with Crippen LogP contribution in [0.1, 0.15) is 37.0 Å². The third kappa shape index (κ3) is 3.73. The second-order valence-corrected chi connectivity index (χ2v) is 5.92. The second-order valence-electron chi connectivity index (χ2n) is 4.60. The van der Waals surface area contributed by atoms with Crippen molar-refractivity contribution in [3.63, 3.8) is 0 Å². The van der Waals surface area contributed by atoms with Crippen LogP contribution in [0, 0.1) is 5.41 Å². The van der Waals surface area contributed by atoms with E-state index >= 15 is 0 Å².